The predicted molar refractivity (Wildman–Crippen MR) is 66.0 cm³/mol. The van der Waals surface area contributed by atoms with Crippen molar-refractivity contribution in [3.8, 4) is 0 Å². The van der Waals surface area contributed by atoms with Crippen LogP contribution in [-0.4, -0.2) is 23.4 Å². The highest BCUT2D eigenvalue weighted by molar-refractivity contribution is 5.06. The molecular formula is C13H21N3O2. The van der Waals surface area contributed by atoms with Gasteiger partial charge in [0.05, 0.1) is 6.61 Å². The Bertz CT molecular complexity index is 391. The maximum absolute atomic E-state index is 6.23. The van der Waals surface area contributed by atoms with Gasteiger partial charge in [-0.15, -0.1) is 0 Å². The average Bonchev–Trinajstić information content (AvgIpc) is 2.94. The van der Waals surface area contributed by atoms with Gasteiger partial charge in [-0.05, 0) is 19.3 Å². The van der Waals surface area contributed by atoms with Crippen LogP contribution in [0.3, 0.4) is 0 Å². The number of rotatable bonds is 2. The van der Waals surface area contributed by atoms with Crippen molar-refractivity contribution in [2.45, 2.75) is 56.4 Å². The van der Waals surface area contributed by atoms with Gasteiger partial charge in [0.2, 0.25) is 5.89 Å². The normalized spacial score (nSPS) is 30.5. The number of aromatic nitrogens is 2. The van der Waals surface area contributed by atoms with Crippen LogP contribution in [0, 0.1) is 0 Å². The molecule has 0 bridgehead atoms. The van der Waals surface area contributed by atoms with E-state index in [4.69, 9.17) is 15.0 Å². The molecule has 1 aliphatic carbocycles. The van der Waals surface area contributed by atoms with Crippen molar-refractivity contribution in [1.82, 2.24) is 10.1 Å². The molecule has 0 radical (unpaired) electrons. The molecule has 5 nitrogen and oxygen atoms in total. The van der Waals surface area contributed by atoms with Crippen molar-refractivity contribution in [2.75, 3.05) is 13.2 Å². The van der Waals surface area contributed by atoms with Gasteiger partial charge in [-0.3, -0.25) is 0 Å². The Balaban J connectivity index is 1.76. The molecule has 0 amide bonds. The SMILES string of the molecule is NC1(c2nc(C3CCCCCC3)no2)CCOC1. The fourth-order valence-electron chi connectivity index (χ4n) is 2.89. The summed E-state index contributed by atoms with van der Waals surface area (Å²) in [5, 5.41) is 4.15. The van der Waals surface area contributed by atoms with E-state index in [2.05, 4.69) is 10.1 Å². The number of nitrogens with two attached hydrogens (primary N) is 1. The molecule has 1 atom stereocenters. The van der Waals surface area contributed by atoms with Gasteiger partial charge in [-0.25, -0.2) is 0 Å². The van der Waals surface area contributed by atoms with E-state index in [0.717, 1.165) is 12.2 Å². The summed E-state index contributed by atoms with van der Waals surface area (Å²) in [6.07, 6.45) is 8.31. The quantitative estimate of drug-likeness (QED) is 0.814. The smallest absolute Gasteiger partial charge is 0.249 e. The van der Waals surface area contributed by atoms with E-state index in [1.165, 1.54) is 38.5 Å². The minimum atomic E-state index is -0.560. The van der Waals surface area contributed by atoms with Crippen molar-refractivity contribution < 1.29 is 9.26 Å². The van der Waals surface area contributed by atoms with Crippen molar-refractivity contribution in [3.05, 3.63) is 11.7 Å². The zero-order valence-corrected chi connectivity index (χ0v) is 10.7. The van der Waals surface area contributed by atoms with E-state index in [0.29, 0.717) is 25.0 Å². The minimum absolute atomic E-state index is 0.455. The first-order chi connectivity index (χ1) is 8.78. The monoisotopic (exact) mass is 251 g/mol. The highest BCUT2D eigenvalue weighted by Gasteiger charge is 2.38. The fourth-order valence-corrected chi connectivity index (χ4v) is 2.89. The Labute approximate surface area is 107 Å². The molecule has 0 aromatic carbocycles. The molecule has 5 heteroatoms. The molecule has 2 aliphatic rings. The van der Waals surface area contributed by atoms with E-state index in [9.17, 15) is 0 Å². The number of hydrogen-bond donors (Lipinski definition) is 1. The lowest BCUT2D eigenvalue weighted by atomic mass is 9.98. The summed E-state index contributed by atoms with van der Waals surface area (Å²) in [5.74, 6) is 1.86. The first kappa shape index (κ1) is 12.1. The van der Waals surface area contributed by atoms with Crippen LogP contribution in [0.2, 0.25) is 0 Å². The van der Waals surface area contributed by atoms with Crippen LogP contribution in [0.15, 0.2) is 4.52 Å². The number of ether oxygens (including phenoxy) is 1. The summed E-state index contributed by atoms with van der Waals surface area (Å²) in [4.78, 5) is 4.55. The maximum Gasteiger partial charge on any atom is 0.249 e. The zero-order valence-electron chi connectivity index (χ0n) is 10.7. The second kappa shape index (κ2) is 4.97. The summed E-state index contributed by atoms with van der Waals surface area (Å²) in [6, 6.07) is 0. The topological polar surface area (TPSA) is 74.2 Å². The van der Waals surface area contributed by atoms with Gasteiger partial charge in [0, 0.05) is 12.5 Å². The molecule has 1 saturated heterocycles. The van der Waals surface area contributed by atoms with E-state index >= 15 is 0 Å². The van der Waals surface area contributed by atoms with Crippen molar-refractivity contribution in [1.29, 1.82) is 0 Å². The fraction of sp³-hybridized carbons (Fsp3) is 0.846. The summed E-state index contributed by atoms with van der Waals surface area (Å²) < 4.78 is 10.7. The lowest BCUT2D eigenvalue weighted by molar-refractivity contribution is 0.166. The van der Waals surface area contributed by atoms with Crippen LogP contribution in [0.25, 0.3) is 0 Å². The Morgan fingerprint density at radius 3 is 2.61 bits per heavy atom. The third-order valence-electron chi connectivity index (χ3n) is 4.14. The van der Waals surface area contributed by atoms with Crippen LogP contribution in [-0.2, 0) is 10.3 Å². The molecule has 100 valence electrons. The molecule has 1 saturated carbocycles. The summed E-state index contributed by atoms with van der Waals surface area (Å²) in [5.41, 5.74) is 5.67. The first-order valence-electron chi connectivity index (χ1n) is 6.99. The van der Waals surface area contributed by atoms with Crippen LogP contribution < -0.4 is 5.73 Å². The molecule has 2 fully saturated rings. The van der Waals surface area contributed by atoms with Gasteiger partial charge in [0.1, 0.15) is 5.54 Å². The molecule has 1 aromatic heterocycles. The third-order valence-corrected chi connectivity index (χ3v) is 4.14. The zero-order chi connectivity index (χ0) is 12.4. The third kappa shape index (κ3) is 2.29. The van der Waals surface area contributed by atoms with Gasteiger partial charge in [-0.1, -0.05) is 30.8 Å². The Morgan fingerprint density at radius 1 is 1.17 bits per heavy atom. The summed E-state index contributed by atoms with van der Waals surface area (Å²) >= 11 is 0. The van der Waals surface area contributed by atoms with Gasteiger partial charge in [-0.2, -0.15) is 4.98 Å². The van der Waals surface area contributed by atoms with Crippen molar-refractivity contribution in [2.24, 2.45) is 5.73 Å². The lowest BCUT2D eigenvalue weighted by Gasteiger charge is -2.15. The standard InChI is InChI=1S/C13H21N3O2/c14-13(7-8-17-9-13)12-15-11(16-18-12)10-5-3-1-2-4-6-10/h10H,1-9,14H2. The maximum atomic E-state index is 6.23. The number of hydrogen-bond acceptors (Lipinski definition) is 5. The van der Waals surface area contributed by atoms with Gasteiger partial charge in [0.25, 0.3) is 0 Å². The largest absolute Gasteiger partial charge is 0.379 e. The van der Waals surface area contributed by atoms with Crippen LogP contribution in [0.4, 0.5) is 0 Å². The Kier molecular flexibility index (Phi) is 3.35. The molecule has 3 rings (SSSR count). The predicted octanol–water partition coefficient (Wildman–Crippen LogP) is 2.08. The molecule has 1 aromatic rings. The molecule has 1 unspecified atom stereocenters. The highest BCUT2D eigenvalue weighted by atomic mass is 16.5. The van der Waals surface area contributed by atoms with Gasteiger partial charge in [0.15, 0.2) is 5.82 Å². The van der Waals surface area contributed by atoms with Crippen LogP contribution >= 0.6 is 0 Å². The van der Waals surface area contributed by atoms with E-state index < -0.39 is 5.54 Å². The summed E-state index contributed by atoms with van der Waals surface area (Å²) in [7, 11) is 0. The Morgan fingerprint density at radius 2 is 1.94 bits per heavy atom. The number of nitrogens with zero attached hydrogens (tertiary/aromatic N) is 2. The van der Waals surface area contributed by atoms with E-state index in [-0.39, 0.29) is 0 Å². The first-order valence-corrected chi connectivity index (χ1v) is 6.99. The minimum Gasteiger partial charge on any atom is -0.379 e. The van der Waals surface area contributed by atoms with E-state index in [1.807, 2.05) is 0 Å². The lowest BCUT2D eigenvalue weighted by Crippen LogP contribution is -2.37. The second-order valence-corrected chi connectivity index (χ2v) is 5.60. The molecule has 18 heavy (non-hydrogen) atoms. The molecule has 2 N–H and O–H groups in total. The van der Waals surface area contributed by atoms with Gasteiger partial charge < -0.3 is 15.0 Å². The van der Waals surface area contributed by atoms with Gasteiger partial charge >= 0.3 is 0 Å². The molecular weight excluding hydrogens is 230 g/mol. The van der Waals surface area contributed by atoms with Crippen LogP contribution in [0.5, 0.6) is 0 Å². The molecule has 2 heterocycles. The van der Waals surface area contributed by atoms with Crippen molar-refractivity contribution >= 4 is 0 Å². The highest BCUT2D eigenvalue weighted by Crippen LogP contribution is 2.32. The Hall–Kier alpha value is -0.940. The summed E-state index contributed by atoms with van der Waals surface area (Å²) in [6.45, 7) is 1.16. The molecule has 0 spiro atoms. The van der Waals surface area contributed by atoms with Crippen LogP contribution in [0.1, 0.15) is 62.6 Å². The van der Waals surface area contributed by atoms with Crippen molar-refractivity contribution in [3.63, 3.8) is 0 Å². The van der Waals surface area contributed by atoms with E-state index in [1.54, 1.807) is 0 Å². The second-order valence-electron chi connectivity index (χ2n) is 5.60. The average molecular weight is 251 g/mol. The molecule has 1 aliphatic heterocycles.